The number of benzene rings is 1. The molecule has 5 heteroatoms. The van der Waals surface area contributed by atoms with Crippen molar-refractivity contribution < 1.29 is 13.0 Å². The first-order valence-corrected chi connectivity index (χ1v) is 12.6. The lowest BCUT2D eigenvalue weighted by atomic mass is 10.1. The molecule has 0 amide bonds. The molecule has 3 nitrogen and oxygen atoms in total. The van der Waals surface area contributed by atoms with Crippen molar-refractivity contribution in [3.63, 3.8) is 0 Å². The highest BCUT2D eigenvalue weighted by atomic mass is 32.2. The minimum Gasteiger partial charge on any atom is -0.285 e. The molecule has 26 heavy (non-hydrogen) atoms. The van der Waals surface area contributed by atoms with Gasteiger partial charge in [0.15, 0.2) is 0 Å². The van der Waals surface area contributed by atoms with Crippen molar-refractivity contribution in [2.45, 2.75) is 89.7 Å². The number of hydrogen-bond acceptors (Lipinski definition) is 2. The van der Waals surface area contributed by atoms with Crippen molar-refractivity contribution in [3.8, 4) is 0 Å². The van der Waals surface area contributed by atoms with Gasteiger partial charge in [0.25, 0.3) is 10.1 Å². The van der Waals surface area contributed by atoms with E-state index in [4.69, 9.17) is 4.55 Å². The molecule has 1 unspecified atom stereocenters. The van der Waals surface area contributed by atoms with E-state index in [9.17, 15) is 8.42 Å². The highest BCUT2D eigenvalue weighted by Crippen LogP contribution is 2.12. The second-order valence-electron chi connectivity index (χ2n) is 6.89. The van der Waals surface area contributed by atoms with Crippen LogP contribution in [0.25, 0.3) is 0 Å². The summed E-state index contributed by atoms with van der Waals surface area (Å²) in [4.78, 5) is 0. The molecule has 1 aromatic rings. The van der Waals surface area contributed by atoms with Gasteiger partial charge >= 0.3 is 0 Å². The maximum absolute atomic E-state index is 10.4. The largest absolute Gasteiger partial charge is 0.285 e. The highest BCUT2D eigenvalue weighted by Gasteiger charge is 2.04. The maximum Gasteiger partial charge on any atom is 0.269 e. The van der Waals surface area contributed by atoms with E-state index in [0.717, 1.165) is 0 Å². The molecule has 0 fully saturated rings. The van der Waals surface area contributed by atoms with Crippen LogP contribution in [-0.2, 0) is 15.9 Å². The van der Waals surface area contributed by atoms with Gasteiger partial charge in [-0.05, 0) is 18.1 Å². The van der Waals surface area contributed by atoms with Gasteiger partial charge in [-0.1, -0.05) is 108 Å². The first-order valence-electron chi connectivity index (χ1n) is 10.2. The molecule has 0 aliphatic heterocycles. The molecular formula is C21H39O3PS. The van der Waals surface area contributed by atoms with Gasteiger partial charge in [-0.2, -0.15) is 8.42 Å². The fourth-order valence-corrected chi connectivity index (χ4v) is 3.67. The van der Waals surface area contributed by atoms with E-state index in [1.807, 2.05) is 0 Å². The minimum absolute atomic E-state index is 0.312. The van der Waals surface area contributed by atoms with E-state index in [-0.39, 0.29) is 5.75 Å². The Kier molecular flexibility index (Phi) is 17.6. The van der Waals surface area contributed by atoms with Crippen LogP contribution in [-0.4, -0.2) is 19.1 Å². The van der Waals surface area contributed by atoms with Crippen molar-refractivity contribution in [2.75, 3.05) is 6.16 Å². The van der Waals surface area contributed by atoms with Gasteiger partial charge in [0, 0.05) is 0 Å². The van der Waals surface area contributed by atoms with Gasteiger partial charge in [-0.3, -0.25) is 4.55 Å². The van der Waals surface area contributed by atoms with Crippen molar-refractivity contribution >= 4 is 19.4 Å². The Bertz CT molecular complexity index is 491. The van der Waals surface area contributed by atoms with Crippen LogP contribution >= 0.6 is 9.24 Å². The van der Waals surface area contributed by atoms with Crippen molar-refractivity contribution in [3.05, 3.63) is 35.9 Å². The summed E-state index contributed by atoms with van der Waals surface area (Å²) in [5.74, 6) is -0.312. The lowest BCUT2D eigenvalue weighted by Gasteiger charge is -2.01. The van der Waals surface area contributed by atoms with Crippen LogP contribution in [0, 0.1) is 0 Å². The molecule has 0 aromatic heterocycles. The van der Waals surface area contributed by atoms with Crippen molar-refractivity contribution in [1.82, 2.24) is 0 Å². The third kappa shape index (κ3) is 19.9. The number of rotatable bonds is 14. The second-order valence-corrected chi connectivity index (χ2v) is 8.92. The van der Waals surface area contributed by atoms with Crippen LogP contribution in [0.1, 0.15) is 89.5 Å². The van der Waals surface area contributed by atoms with Gasteiger partial charge in [-0.25, -0.2) is 0 Å². The molecule has 152 valence electrons. The Morgan fingerprint density at radius 2 is 1.19 bits per heavy atom. The summed E-state index contributed by atoms with van der Waals surface area (Å²) in [6.45, 7) is 2.29. The summed E-state index contributed by atoms with van der Waals surface area (Å²) in [5.41, 5.74) is 0.593. The normalized spacial score (nSPS) is 11.0. The molecule has 0 saturated carbocycles. The Hall–Kier alpha value is -0.440. The molecule has 0 aliphatic carbocycles. The average Bonchev–Trinajstić information content (AvgIpc) is 2.60. The number of hydrogen-bond donors (Lipinski definition) is 1. The maximum atomic E-state index is 10.4. The fourth-order valence-electron chi connectivity index (χ4n) is 2.77. The molecule has 0 aliphatic rings. The SMILES string of the molecule is CCCCCCCCCCCCCCP.O=S(=O)(O)Cc1ccccc1. The standard InChI is InChI=1S/C14H31P.C7H8O3S/c1-2-3-4-5-6-7-8-9-10-11-12-13-14-15;8-11(9,10)6-7-4-2-1-3-5-7/h2-15H2,1H3;1-5H,6H2,(H,8,9,10). The Labute approximate surface area is 164 Å². The van der Waals surface area contributed by atoms with Crippen LogP contribution in [0.4, 0.5) is 0 Å². The molecule has 0 heterocycles. The molecule has 1 rings (SSSR count). The quantitative estimate of drug-likeness (QED) is 0.216. The zero-order valence-electron chi connectivity index (χ0n) is 16.5. The van der Waals surface area contributed by atoms with Gasteiger partial charge in [-0.15, -0.1) is 9.24 Å². The predicted octanol–water partition coefficient (Wildman–Crippen LogP) is 6.64. The van der Waals surface area contributed by atoms with Gasteiger partial charge in [0.1, 0.15) is 5.75 Å². The van der Waals surface area contributed by atoms with Crippen LogP contribution < -0.4 is 0 Å². The Balaban J connectivity index is 0.000000502. The van der Waals surface area contributed by atoms with E-state index in [1.54, 1.807) is 30.3 Å². The molecular weight excluding hydrogens is 363 g/mol. The predicted molar refractivity (Wildman–Crippen MR) is 117 cm³/mol. The summed E-state index contributed by atoms with van der Waals surface area (Å²) in [7, 11) is -1.06. The van der Waals surface area contributed by atoms with E-state index < -0.39 is 10.1 Å². The van der Waals surface area contributed by atoms with Crippen molar-refractivity contribution in [2.24, 2.45) is 0 Å². The molecule has 0 saturated heterocycles. The summed E-state index contributed by atoms with van der Waals surface area (Å²) in [5, 5.41) is 0. The topological polar surface area (TPSA) is 54.4 Å². The van der Waals surface area contributed by atoms with Gasteiger partial charge in [0.05, 0.1) is 0 Å². The lowest BCUT2D eigenvalue weighted by Crippen LogP contribution is -2.00. The summed E-state index contributed by atoms with van der Waals surface area (Å²) in [6, 6.07) is 8.52. The lowest BCUT2D eigenvalue weighted by molar-refractivity contribution is 0.482. The Morgan fingerprint density at radius 1 is 0.769 bits per heavy atom. The van der Waals surface area contributed by atoms with Crippen LogP contribution in [0.2, 0.25) is 0 Å². The zero-order chi connectivity index (χ0) is 19.5. The first-order chi connectivity index (χ1) is 12.5. The fraction of sp³-hybridized carbons (Fsp3) is 0.714. The van der Waals surface area contributed by atoms with Gasteiger partial charge in [0.2, 0.25) is 0 Å². The van der Waals surface area contributed by atoms with Crippen LogP contribution in [0.15, 0.2) is 30.3 Å². The van der Waals surface area contributed by atoms with E-state index >= 15 is 0 Å². The van der Waals surface area contributed by atoms with E-state index in [0.29, 0.717) is 5.56 Å². The highest BCUT2D eigenvalue weighted by molar-refractivity contribution is 7.85. The van der Waals surface area contributed by atoms with Crippen LogP contribution in [0.3, 0.4) is 0 Å². The molecule has 0 radical (unpaired) electrons. The second kappa shape index (κ2) is 17.9. The van der Waals surface area contributed by atoms with Crippen molar-refractivity contribution in [1.29, 1.82) is 0 Å². The average molecular weight is 403 g/mol. The number of unbranched alkanes of at least 4 members (excludes halogenated alkanes) is 11. The van der Waals surface area contributed by atoms with Gasteiger partial charge < -0.3 is 0 Å². The smallest absolute Gasteiger partial charge is 0.269 e. The molecule has 0 spiro atoms. The molecule has 1 atom stereocenters. The molecule has 1 N–H and O–H groups in total. The third-order valence-electron chi connectivity index (χ3n) is 4.25. The van der Waals surface area contributed by atoms with Crippen LogP contribution in [0.5, 0.6) is 0 Å². The monoisotopic (exact) mass is 402 g/mol. The summed E-state index contributed by atoms with van der Waals surface area (Å²) < 4.78 is 29.2. The van der Waals surface area contributed by atoms with E-state index in [2.05, 4.69) is 16.2 Å². The third-order valence-corrected chi connectivity index (χ3v) is 5.36. The Morgan fingerprint density at radius 3 is 1.58 bits per heavy atom. The summed E-state index contributed by atoms with van der Waals surface area (Å²) >= 11 is 0. The zero-order valence-corrected chi connectivity index (χ0v) is 18.5. The first kappa shape index (κ1) is 25.6. The molecule has 1 aromatic carbocycles. The summed E-state index contributed by atoms with van der Waals surface area (Å²) in [6.07, 6.45) is 18.7. The molecule has 0 bridgehead atoms. The van der Waals surface area contributed by atoms with E-state index in [1.165, 1.54) is 83.2 Å². The minimum atomic E-state index is -3.88.